The summed E-state index contributed by atoms with van der Waals surface area (Å²) in [5.41, 5.74) is 0. The summed E-state index contributed by atoms with van der Waals surface area (Å²) in [5.74, 6) is -1.51. The number of unbranched alkanes of at least 4 members (excludes halogenated alkanes) is 22. The van der Waals surface area contributed by atoms with Crippen LogP contribution >= 0.6 is 7.82 Å². The summed E-state index contributed by atoms with van der Waals surface area (Å²) in [7, 11) is 1.04. The Bertz CT molecular complexity index is 1320. The molecule has 1 fully saturated rings. The first kappa shape index (κ1) is 61.1. The lowest BCUT2D eigenvalue weighted by Gasteiger charge is -2.28. The first-order chi connectivity index (χ1) is 31.2. The van der Waals surface area contributed by atoms with E-state index in [1.807, 2.05) is 27.2 Å². The van der Waals surface area contributed by atoms with Crippen LogP contribution in [0.1, 0.15) is 213 Å². The minimum Gasteiger partial charge on any atom is -0.756 e. The highest BCUT2D eigenvalue weighted by Crippen LogP contribution is 2.38. The van der Waals surface area contributed by atoms with Crippen molar-refractivity contribution >= 4 is 25.5 Å². The van der Waals surface area contributed by atoms with Crippen molar-refractivity contribution in [3.63, 3.8) is 0 Å². The molecule has 0 bridgehead atoms. The van der Waals surface area contributed by atoms with Crippen molar-refractivity contribution in [2.24, 2.45) is 11.8 Å². The van der Waals surface area contributed by atoms with Gasteiger partial charge in [0.1, 0.15) is 25.5 Å². The summed E-state index contributed by atoms with van der Waals surface area (Å²) in [6.45, 7) is 3.88. The fraction of sp³-hybridized carbons (Fsp3) is 0.865. The number of phosphoric ester groups is 1. The van der Waals surface area contributed by atoms with Gasteiger partial charge in [0.25, 0.3) is 7.82 Å². The number of carbonyl (C=O) groups is 3. The zero-order valence-corrected chi connectivity index (χ0v) is 42.8. The van der Waals surface area contributed by atoms with Gasteiger partial charge in [-0.1, -0.05) is 167 Å². The van der Waals surface area contributed by atoms with Gasteiger partial charge in [0, 0.05) is 31.1 Å². The van der Waals surface area contributed by atoms with E-state index in [4.69, 9.17) is 18.5 Å². The molecule has 6 atom stereocenters. The number of phosphoric acid groups is 1. The highest BCUT2D eigenvalue weighted by molar-refractivity contribution is 7.45. The summed E-state index contributed by atoms with van der Waals surface area (Å²) in [6, 6.07) is 0. The number of ketones is 1. The molecule has 1 saturated carbocycles. The highest BCUT2D eigenvalue weighted by atomic mass is 31.2. The number of quaternary nitrogens is 1. The maximum atomic E-state index is 12.8. The summed E-state index contributed by atoms with van der Waals surface area (Å²) in [6.07, 6.45) is 36.7. The molecule has 0 amide bonds. The topological polar surface area (TPSA) is 169 Å². The van der Waals surface area contributed by atoms with Crippen LogP contribution < -0.4 is 4.89 Å². The standard InChI is InChI=1S/C52H96NO11P/c1-6-8-10-11-12-13-14-15-16-17-18-19-20-21-22-23-24-25-26-27-33-37-52(58)64-46(44-63-65(59,60)62-41-40-53(3,4)5)43-61-51(57)36-32-29-28-31-35-47-48(50(56)42-49(47)55)39-38-45(54)34-30-9-7-2/h15-16,38-39,45-48,50,54,56H,6-14,17-37,40-44H2,1-5H3/b16-15-,39-38+/t45-,46+,47+,48+,50+/m0/s1. The number of aliphatic hydroxyl groups is 2. The molecular weight excluding hydrogens is 846 g/mol. The van der Waals surface area contributed by atoms with Crippen LogP contribution in [0.2, 0.25) is 0 Å². The molecule has 65 heavy (non-hydrogen) atoms. The number of Topliss-reactive ketones (excluding diaryl/α,β-unsaturated/α-hetero) is 1. The number of hydrogen-bond donors (Lipinski definition) is 2. The molecule has 1 aliphatic carbocycles. The van der Waals surface area contributed by atoms with Gasteiger partial charge in [-0.25, -0.2) is 0 Å². The molecule has 0 aromatic carbocycles. The van der Waals surface area contributed by atoms with Crippen LogP contribution in [0, 0.1) is 11.8 Å². The zero-order chi connectivity index (χ0) is 48.0. The number of esters is 2. The van der Waals surface area contributed by atoms with Crippen molar-refractivity contribution in [3.05, 3.63) is 24.3 Å². The predicted octanol–water partition coefficient (Wildman–Crippen LogP) is 11.4. The Morgan fingerprint density at radius 2 is 1.23 bits per heavy atom. The molecule has 0 saturated heterocycles. The van der Waals surface area contributed by atoms with Crippen molar-refractivity contribution in [2.45, 2.75) is 231 Å². The fourth-order valence-electron chi connectivity index (χ4n) is 8.19. The molecule has 1 rings (SSSR count). The average Bonchev–Trinajstić information content (AvgIpc) is 3.52. The zero-order valence-electron chi connectivity index (χ0n) is 41.9. The van der Waals surface area contributed by atoms with E-state index in [2.05, 4.69) is 26.0 Å². The first-order valence-corrected chi connectivity index (χ1v) is 27.6. The number of carbonyl (C=O) groups excluding carboxylic acids is 3. The van der Waals surface area contributed by atoms with E-state index < -0.39 is 44.7 Å². The van der Waals surface area contributed by atoms with Crippen molar-refractivity contribution in [2.75, 3.05) is 47.5 Å². The number of allylic oxidation sites excluding steroid dienone is 2. The monoisotopic (exact) mass is 942 g/mol. The lowest BCUT2D eigenvalue weighted by atomic mass is 9.88. The van der Waals surface area contributed by atoms with E-state index in [0.717, 1.165) is 57.8 Å². The molecule has 0 radical (unpaired) electrons. The van der Waals surface area contributed by atoms with Crippen molar-refractivity contribution in [1.82, 2.24) is 0 Å². The maximum Gasteiger partial charge on any atom is 0.306 e. The Labute approximate surface area is 396 Å². The molecule has 0 heterocycles. The van der Waals surface area contributed by atoms with Crippen LogP contribution in [-0.4, -0.2) is 98.2 Å². The number of aliphatic hydroxyl groups excluding tert-OH is 2. The summed E-state index contributed by atoms with van der Waals surface area (Å²) in [5, 5.41) is 20.8. The number of hydrogen-bond acceptors (Lipinski definition) is 11. The lowest BCUT2D eigenvalue weighted by Crippen LogP contribution is -2.37. The number of ether oxygens (including phenoxy) is 2. The van der Waals surface area contributed by atoms with E-state index in [1.165, 1.54) is 96.3 Å². The van der Waals surface area contributed by atoms with Gasteiger partial charge in [0.15, 0.2) is 6.10 Å². The number of nitrogens with zero attached hydrogens (tertiary/aromatic N) is 1. The molecule has 0 aliphatic heterocycles. The Morgan fingerprint density at radius 1 is 0.723 bits per heavy atom. The van der Waals surface area contributed by atoms with Crippen molar-refractivity contribution in [3.8, 4) is 0 Å². The van der Waals surface area contributed by atoms with Gasteiger partial charge in [-0.2, -0.15) is 0 Å². The Kier molecular flexibility index (Phi) is 36.6. The van der Waals surface area contributed by atoms with Gasteiger partial charge in [-0.05, 0) is 51.4 Å². The number of rotatable bonds is 44. The lowest BCUT2D eigenvalue weighted by molar-refractivity contribution is -0.870. The summed E-state index contributed by atoms with van der Waals surface area (Å²) < 4.78 is 34.0. The average molecular weight is 942 g/mol. The summed E-state index contributed by atoms with van der Waals surface area (Å²) in [4.78, 5) is 50.6. The molecule has 12 nitrogen and oxygen atoms in total. The second-order valence-electron chi connectivity index (χ2n) is 19.7. The smallest absolute Gasteiger partial charge is 0.306 e. The van der Waals surface area contributed by atoms with Gasteiger partial charge in [0.05, 0.1) is 40.0 Å². The molecule has 1 unspecified atom stereocenters. The molecule has 0 spiro atoms. The van der Waals surface area contributed by atoms with Crippen molar-refractivity contribution < 1.29 is 57.1 Å². The van der Waals surface area contributed by atoms with Gasteiger partial charge < -0.3 is 38.1 Å². The second kappa shape index (κ2) is 39.0. The van der Waals surface area contributed by atoms with Gasteiger partial charge in [-0.3, -0.25) is 18.9 Å². The van der Waals surface area contributed by atoms with Crippen LogP contribution in [0.5, 0.6) is 0 Å². The molecule has 380 valence electrons. The molecule has 1 aliphatic rings. The third-order valence-electron chi connectivity index (χ3n) is 12.3. The Balaban J connectivity index is 2.36. The normalized spacial score (nSPS) is 18.7. The highest BCUT2D eigenvalue weighted by Gasteiger charge is 2.39. The third kappa shape index (κ3) is 35.8. The minimum atomic E-state index is -4.69. The van der Waals surface area contributed by atoms with E-state index >= 15 is 0 Å². The number of likely N-dealkylation sites (N-methyl/N-ethyl adjacent to an activating group) is 1. The van der Waals surface area contributed by atoms with E-state index in [0.29, 0.717) is 36.7 Å². The molecular formula is C52H96NO11P. The molecule has 0 aromatic rings. The van der Waals surface area contributed by atoms with Gasteiger partial charge in [-0.15, -0.1) is 0 Å². The van der Waals surface area contributed by atoms with Crippen LogP contribution in [0.15, 0.2) is 24.3 Å². The van der Waals surface area contributed by atoms with E-state index in [9.17, 15) is 34.1 Å². The van der Waals surface area contributed by atoms with E-state index in [1.54, 1.807) is 6.08 Å². The predicted molar refractivity (Wildman–Crippen MR) is 260 cm³/mol. The van der Waals surface area contributed by atoms with Gasteiger partial charge >= 0.3 is 11.9 Å². The van der Waals surface area contributed by atoms with E-state index in [-0.39, 0.29) is 50.1 Å². The molecule has 13 heteroatoms. The van der Waals surface area contributed by atoms with Crippen LogP contribution in [0.3, 0.4) is 0 Å². The van der Waals surface area contributed by atoms with Crippen LogP contribution in [-0.2, 0) is 37.5 Å². The minimum absolute atomic E-state index is 0.0500. The molecule has 2 N–H and O–H groups in total. The van der Waals surface area contributed by atoms with Crippen LogP contribution in [0.25, 0.3) is 0 Å². The third-order valence-corrected chi connectivity index (χ3v) is 13.3. The summed E-state index contributed by atoms with van der Waals surface area (Å²) >= 11 is 0. The quantitative estimate of drug-likeness (QED) is 0.0196. The maximum absolute atomic E-state index is 12.8. The van der Waals surface area contributed by atoms with Crippen molar-refractivity contribution in [1.29, 1.82) is 0 Å². The van der Waals surface area contributed by atoms with Crippen LogP contribution in [0.4, 0.5) is 0 Å². The SMILES string of the molecule is CCCCCCCC/C=C\CCCCCCCCCCCCCC(=O)O[C@H](COC(=O)CCCCCC[C@H]1C(=O)C[C@@H](O)[C@@H]1/C=C/[C@@H](O)CCCCC)COP(=O)([O-])OCC[N+](C)(C)C. The second-order valence-corrected chi connectivity index (χ2v) is 21.1. The fourth-order valence-corrected chi connectivity index (χ4v) is 8.92. The first-order valence-electron chi connectivity index (χ1n) is 26.1. The molecule has 0 aromatic heterocycles. The Morgan fingerprint density at radius 3 is 1.80 bits per heavy atom. The van der Waals surface area contributed by atoms with Gasteiger partial charge in [0.2, 0.25) is 0 Å². The Hall–Kier alpha value is -1.92. The largest absolute Gasteiger partial charge is 0.756 e.